The average molecular weight is 360 g/mol. The number of ether oxygens (including phenoxy) is 1. The van der Waals surface area contributed by atoms with Gasteiger partial charge < -0.3 is 9.64 Å². The molecule has 3 nitrogen and oxygen atoms in total. The summed E-state index contributed by atoms with van der Waals surface area (Å²) >= 11 is 3.47. The lowest BCUT2D eigenvalue weighted by Gasteiger charge is -2.23. The quantitative estimate of drug-likeness (QED) is 0.824. The highest BCUT2D eigenvalue weighted by Gasteiger charge is 2.30. The number of hydrogen-bond acceptors (Lipinski definition) is 2. The van der Waals surface area contributed by atoms with E-state index in [0.717, 1.165) is 22.1 Å². The standard InChI is InChI=1S/C18H18BrNO2/c1-12-7-8-17(15(19)9-12)22-11-18(21)20-13(2)10-14-5-3-4-6-16(14)20/h3-9,13H,10-11H2,1-2H3/t13-/m1/s1. The highest BCUT2D eigenvalue weighted by Crippen LogP contribution is 2.32. The molecule has 2 aromatic carbocycles. The van der Waals surface area contributed by atoms with Crippen molar-refractivity contribution in [1.29, 1.82) is 0 Å². The van der Waals surface area contributed by atoms with Crippen LogP contribution in [0.5, 0.6) is 5.75 Å². The van der Waals surface area contributed by atoms with E-state index in [1.54, 1.807) is 0 Å². The molecular formula is C18H18BrNO2. The topological polar surface area (TPSA) is 29.5 Å². The predicted octanol–water partition coefficient (Wildman–Crippen LogP) is 4.11. The van der Waals surface area contributed by atoms with Crippen LogP contribution in [-0.4, -0.2) is 18.6 Å². The van der Waals surface area contributed by atoms with Gasteiger partial charge in [0.1, 0.15) is 5.75 Å². The summed E-state index contributed by atoms with van der Waals surface area (Å²) in [6.45, 7) is 4.13. The lowest BCUT2D eigenvalue weighted by Crippen LogP contribution is -2.39. The first-order chi connectivity index (χ1) is 10.6. The lowest BCUT2D eigenvalue weighted by molar-refractivity contribution is -0.120. The highest BCUT2D eigenvalue weighted by atomic mass is 79.9. The Morgan fingerprint density at radius 2 is 2.09 bits per heavy atom. The Morgan fingerprint density at radius 3 is 2.86 bits per heavy atom. The molecule has 1 aliphatic rings. The van der Waals surface area contributed by atoms with Gasteiger partial charge in [-0.25, -0.2) is 0 Å². The number of aryl methyl sites for hydroxylation is 1. The van der Waals surface area contributed by atoms with Gasteiger partial charge in [-0.05, 0) is 65.5 Å². The number of halogens is 1. The van der Waals surface area contributed by atoms with Crippen LogP contribution in [-0.2, 0) is 11.2 Å². The van der Waals surface area contributed by atoms with Gasteiger partial charge in [0.25, 0.3) is 5.91 Å². The Morgan fingerprint density at radius 1 is 1.32 bits per heavy atom. The van der Waals surface area contributed by atoms with Crippen molar-refractivity contribution in [3.05, 3.63) is 58.1 Å². The molecule has 0 radical (unpaired) electrons. The van der Waals surface area contributed by atoms with Gasteiger partial charge in [-0.3, -0.25) is 4.79 Å². The zero-order valence-corrected chi connectivity index (χ0v) is 14.3. The lowest BCUT2D eigenvalue weighted by atomic mass is 10.1. The number of fused-ring (bicyclic) bond motifs is 1. The van der Waals surface area contributed by atoms with E-state index in [2.05, 4.69) is 28.9 Å². The summed E-state index contributed by atoms with van der Waals surface area (Å²) in [5, 5.41) is 0. The maximum Gasteiger partial charge on any atom is 0.265 e. The van der Waals surface area contributed by atoms with Gasteiger partial charge in [0, 0.05) is 11.7 Å². The molecule has 0 N–H and O–H groups in total. The molecule has 0 fully saturated rings. The second kappa shape index (κ2) is 6.13. The third-order valence-electron chi connectivity index (χ3n) is 3.91. The maximum atomic E-state index is 12.6. The third kappa shape index (κ3) is 2.88. The molecule has 0 saturated heterocycles. The summed E-state index contributed by atoms with van der Waals surface area (Å²) in [4.78, 5) is 14.4. The Labute approximate surface area is 139 Å². The smallest absolute Gasteiger partial charge is 0.265 e. The van der Waals surface area contributed by atoms with E-state index in [-0.39, 0.29) is 18.6 Å². The van der Waals surface area contributed by atoms with Crippen molar-refractivity contribution in [2.24, 2.45) is 0 Å². The Balaban J connectivity index is 1.72. The molecule has 0 spiro atoms. The van der Waals surface area contributed by atoms with E-state index in [1.165, 1.54) is 5.56 Å². The van der Waals surface area contributed by atoms with Gasteiger partial charge in [-0.1, -0.05) is 24.3 Å². The summed E-state index contributed by atoms with van der Waals surface area (Å²) in [5.41, 5.74) is 3.37. The van der Waals surface area contributed by atoms with Crippen LogP contribution in [0.1, 0.15) is 18.1 Å². The molecule has 4 heteroatoms. The second-order valence-electron chi connectivity index (χ2n) is 5.67. The monoisotopic (exact) mass is 359 g/mol. The van der Waals surface area contributed by atoms with E-state index in [0.29, 0.717) is 5.75 Å². The highest BCUT2D eigenvalue weighted by molar-refractivity contribution is 9.10. The Hall–Kier alpha value is -1.81. The summed E-state index contributed by atoms with van der Waals surface area (Å²) in [6.07, 6.45) is 0.899. The molecule has 1 aliphatic heterocycles. The summed E-state index contributed by atoms with van der Waals surface area (Å²) in [7, 11) is 0. The van der Waals surface area contributed by atoms with Gasteiger partial charge in [0.05, 0.1) is 4.47 Å². The molecule has 22 heavy (non-hydrogen) atoms. The molecule has 1 heterocycles. The van der Waals surface area contributed by atoms with E-state index in [1.807, 2.05) is 48.2 Å². The van der Waals surface area contributed by atoms with Crippen LogP contribution < -0.4 is 9.64 Å². The molecule has 0 aromatic heterocycles. The van der Waals surface area contributed by atoms with E-state index in [4.69, 9.17) is 4.74 Å². The SMILES string of the molecule is Cc1ccc(OCC(=O)N2c3ccccc3C[C@H]2C)c(Br)c1. The first kappa shape index (κ1) is 15.1. The number of carbonyl (C=O) groups excluding carboxylic acids is 1. The van der Waals surface area contributed by atoms with E-state index in [9.17, 15) is 4.79 Å². The second-order valence-corrected chi connectivity index (χ2v) is 6.52. The van der Waals surface area contributed by atoms with Gasteiger partial charge in [-0.2, -0.15) is 0 Å². The average Bonchev–Trinajstić information content (AvgIpc) is 2.82. The molecule has 1 amide bonds. The molecule has 1 atom stereocenters. The first-order valence-electron chi connectivity index (χ1n) is 7.35. The molecule has 0 bridgehead atoms. The third-order valence-corrected chi connectivity index (χ3v) is 4.53. The number of para-hydroxylation sites is 1. The number of anilines is 1. The van der Waals surface area contributed by atoms with Crippen molar-refractivity contribution in [2.45, 2.75) is 26.3 Å². The molecule has 0 saturated carbocycles. The number of carbonyl (C=O) groups is 1. The van der Waals surface area contributed by atoms with Gasteiger partial charge in [0.2, 0.25) is 0 Å². The minimum atomic E-state index is -0.00933. The van der Waals surface area contributed by atoms with Gasteiger partial charge in [-0.15, -0.1) is 0 Å². The van der Waals surface area contributed by atoms with Crippen molar-refractivity contribution in [1.82, 2.24) is 0 Å². The van der Waals surface area contributed by atoms with E-state index >= 15 is 0 Å². The minimum Gasteiger partial charge on any atom is -0.483 e. The normalized spacial score (nSPS) is 16.5. The number of rotatable bonds is 3. The van der Waals surface area contributed by atoms with Crippen molar-refractivity contribution in [3.8, 4) is 5.75 Å². The molecule has 2 aromatic rings. The largest absolute Gasteiger partial charge is 0.483 e. The van der Waals surface area contributed by atoms with Crippen LogP contribution in [0.2, 0.25) is 0 Å². The number of amides is 1. The van der Waals surface area contributed by atoms with Crippen molar-refractivity contribution in [3.63, 3.8) is 0 Å². The number of nitrogens with zero attached hydrogens (tertiary/aromatic N) is 1. The maximum absolute atomic E-state index is 12.6. The van der Waals surface area contributed by atoms with Crippen LogP contribution in [0.4, 0.5) is 5.69 Å². The number of benzene rings is 2. The zero-order chi connectivity index (χ0) is 15.7. The predicted molar refractivity (Wildman–Crippen MR) is 91.5 cm³/mol. The van der Waals surface area contributed by atoms with Crippen molar-refractivity contribution < 1.29 is 9.53 Å². The molecule has 0 aliphatic carbocycles. The number of hydrogen-bond donors (Lipinski definition) is 0. The van der Waals surface area contributed by atoms with Gasteiger partial charge in [0.15, 0.2) is 6.61 Å². The minimum absolute atomic E-state index is 0.00933. The van der Waals surface area contributed by atoms with Crippen LogP contribution in [0.3, 0.4) is 0 Å². The Bertz CT molecular complexity index is 714. The fraction of sp³-hybridized carbons (Fsp3) is 0.278. The van der Waals surface area contributed by atoms with Crippen LogP contribution in [0, 0.1) is 6.92 Å². The van der Waals surface area contributed by atoms with E-state index < -0.39 is 0 Å². The fourth-order valence-electron chi connectivity index (χ4n) is 2.88. The molecule has 3 rings (SSSR count). The Kier molecular flexibility index (Phi) is 4.21. The van der Waals surface area contributed by atoms with Crippen LogP contribution >= 0.6 is 15.9 Å². The molecular weight excluding hydrogens is 342 g/mol. The van der Waals surface area contributed by atoms with Crippen LogP contribution in [0.25, 0.3) is 0 Å². The zero-order valence-electron chi connectivity index (χ0n) is 12.7. The summed E-state index contributed by atoms with van der Waals surface area (Å²) < 4.78 is 6.56. The summed E-state index contributed by atoms with van der Waals surface area (Å²) in [5.74, 6) is 0.684. The fourth-order valence-corrected chi connectivity index (χ4v) is 3.49. The van der Waals surface area contributed by atoms with Crippen molar-refractivity contribution in [2.75, 3.05) is 11.5 Å². The van der Waals surface area contributed by atoms with Gasteiger partial charge >= 0.3 is 0 Å². The molecule has 114 valence electrons. The van der Waals surface area contributed by atoms with Crippen molar-refractivity contribution >= 4 is 27.5 Å². The molecule has 0 unspecified atom stereocenters. The van der Waals surface area contributed by atoms with Crippen LogP contribution in [0.15, 0.2) is 46.9 Å². The first-order valence-corrected chi connectivity index (χ1v) is 8.14. The summed E-state index contributed by atoms with van der Waals surface area (Å²) in [6, 6.07) is 14.1.